The number of carbonyl (C=O) groups excluding carboxylic acids is 2. The number of carbonyl (C=O) groups is 2. The predicted octanol–water partition coefficient (Wildman–Crippen LogP) is 2.20. The average Bonchev–Trinajstić information content (AvgIpc) is 2.71. The van der Waals surface area contributed by atoms with E-state index in [0.29, 0.717) is 11.4 Å². The number of nitrogens with zero attached hydrogens (tertiary/aromatic N) is 2. The van der Waals surface area contributed by atoms with Gasteiger partial charge in [-0.3, -0.25) is 14.3 Å². The van der Waals surface area contributed by atoms with Crippen LogP contribution >= 0.6 is 11.6 Å². The molecule has 0 bridgehead atoms. The lowest BCUT2D eigenvalue weighted by atomic mass is 10.2. The molecule has 1 aromatic heterocycles. The molecule has 0 radical (unpaired) electrons. The molecule has 0 aliphatic carbocycles. The van der Waals surface area contributed by atoms with Gasteiger partial charge >= 0.3 is 0 Å². The number of anilines is 1. The minimum Gasteiger partial charge on any atom is -0.343 e. The largest absolute Gasteiger partial charge is 0.343 e. The zero-order valence-electron chi connectivity index (χ0n) is 12.9. The third kappa shape index (κ3) is 3.87. The Morgan fingerprint density at radius 3 is 2.61 bits per heavy atom. The minimum absolute atomic E-state index is 0.170. The van der Waals surface area contributed by atoms with Crippen LogP contribution in [0.4, 0.5) is 10.1 Å². The highest BCUT2D eigenvalue weighted by Crippen LogP contribution is 2.18. The first kappa shape index (κ1) is 17.0. The number of aromatic nitrogens is 2. The van der Waals surface area contributed by atoms with Crippen LogP contribution in [0.1, 0.15) is 21.7 Å². The molecule has 6 nitrogen and oxygen atoms in total. The van der Waals surface area contributed by atoms with Gasteiger partial charge < -0.3 is 10.6 Å². The van der Waals surface area contributed by atoms with Gasteiger partial charge in [0, 0.05) is 12.1 Å². The first-order chi connectivity index (χ1) is 10.8. The van der Waals surface area contributed by atoms with Gasteiger partial charge in [-0.05, 0) is 32.0 Å². The molecule has 1 heterocycles. The van der Waals surface area contributed by atoms with Crippen molar-refractivity contribution in [1.82, 2.24) is 15.1 Å². The summed E-state index contributed by atoms with van der Waals surface area (Å²) in [4.78, 5) is 23.8. The van der Waals surface area contributed by atoms with E-state index in [2.05, 4.69) is 15.7 Å². The van der Waals surface area contributed by atoms with Crippen molar-refractivity contribution in [1.29, 1.82) is 0 Å². The second-order valence-electron chi connectivity index (χ2n) is 5.02. The van der Waals surface area contributed by atoms with E-state index in [1.165, 1.54) is 12.1 Å². The summed E-state index contributed by atoms with van der Waals surface area (Å²) in [6.45, 7) is 3.30. The molecular weight excluding hydrogens is 323 g/mol. The molecule has 2 aromatic rings. The topological polar surface area (TPSA) is 76.0 Å². The monoisotopic (exact) mass is 338 g/mol. The molecule has 0 fully saturated rings. The molecule has 0 atom stereocenters. The fraction of sp³-hybridized carbons (Fsp3) is 0.267. The van der Waals surface area contributed by atoms with Crippen molar-refractivity contribution in [3.63, 3.8) is 0 Å². The van der Waals surface area contributed by atoms with Gasteiger partial charge in [-0.15, -0.1) is 0 Å². The van der Waals surface area contributed by atoms with E-state index in [0.717, 1.165) is 11.8 Å². The third-order valence-electron chi connectivity index (χ3n) is 3.36. The van der Waals surface area contributed by atoms with Crippen LogP contribution in [-0.4, -0.2) is 28.1 Å². The van der Waals surface area contributed by atoms with Gasteiger partial charge in [-0.25, -0.2) is 4.39 Å². The number of aryl methyl sites for hydroxylation is 2. The van der Waals surface area contributed by atoms with Crippen molar-refractivity contribution in [3.8, 4) is 0 Å². The molecule has 2 amide bonds. The van der Waals surface area contributed by atoms with Gasteiger partial charge in [0.1, 0.15) is 5.82 Å². The van der Waals surface area contributed by atoms with Gasteiger partial charge in [0.05, 0.1) is 29.2 Å². The molecule has 0 aliphatic rings. The first-order valence-corrected chi connectivity index (χ1v) is 7.20. The summed E-state index contributed by atoms with van der Waals surface area (Å²) in [7, 11) is 1.77. The molecule has 8 heteroatoms. The van der Waals surface area contributed by atoms with Crippen LogP contribution in [0.25, 0.3) is 0 Å². The van der Waals surface area contributed by atoms with Gasteiger partial charge in [0.25, 0.3) is 5.91 Å². The summed E-state index contributed by atoms with van der Waals surface area (Å²) < 4.78 is 15.3. The maximum absolute atomic E-state index is 13.6. The van der Waals surface area contributed by atoms with Crippen molar-refractivity contribution >= 4 is 29.1 Å². The molecular formula is C15H16ClFN4O2. The maximum atomic E-state index is 13.6. The van der Waals surface area contributed by atoms with Gasteiger partial charge in [0.15, 0.2) is 0 Å². The number of hydrogen-bond donors (Lipinski definition) is 2. The van der Waals surface area contributed by atoms with Gasteiger partial charge in [-0.1, -0.05) is 11.6 Å². The highest BCUT2D eigenvalue weighted by Gasteiger charge is 2.15. The average molecular weight is 339 g/mol. The van der Waals surface area contributed by atoms with E-state index >= 15 is 0 Å². The Hall–Kier alpha value is -2.41. The summed E-state index contributed by atoms with van der Waals surface area (Å²) in [6.07, 6.45) is 0. The molecule has 0 aliphatic heterocycles. The van der Waals surface area contributed by atoms with E-state index in [1.807, 2.05) is 6.92 Å². The standard InChI is InChI=1S/C15H16ClFN4O2/c1-8-14(9(2)21(3)20-8)19-13(22)7-18-15(23)11-5-4-10(16)6-12(11)17/h4-6H,7H2,1-3H3,(H,18,23)(H,19,22). The van der Waals surface area contributed by atoms with Crippen molar-refractivity contribution in [2.75, 3.05) is 11.9 Å². The molecule has 2 N–H and O–H groups in total. The van der Waals surface area contributed by atoms with E-state index in [9.17, 15) is 14.0 Å². The normalized spacial score (nSPS) is 10.5. The van der Waals surface area contributed by atoms with Gasteiger partial charge in [-0.2, -0.15) is 5.10 Å². The summed E-state index contributed by atoms with van der Waals surface area (Å²) in [5.41, 5.74) is 1.90. The maximum Gasteiger partial charge on any atom is 0.254 e. The van der Waals surface area contributed by atoms with Crippen LogP contribution in [0.15, 0.2) is 18.2 Å². The molecule has 1 aromatic carbocycles. The molecule has 0 saturated carbocycles. The Labute approximate surface area is 137 Å². The van der Waals surface area contributed by atoms with Crippen LogP contribution in [-0.2, 0) is 11.8 Å². The van der Waals surface area contributed by atoms with Crippen molar-refractivity contribution < 1.29 is 14.0 Å². The Balaban J connectivity index is 1.97. The van der Waals surface area contributed by atoms with E-state index < -0.39 is 17.6 Å². The Kier molecular flexibility index (Phi) is 5.00. The smallest absolute Gasteiger partial charge is 0.254 e. The number of benzene rings is 1. The molecule has 2 rings (SSSR count). The second kappa shape index (κ2) is 6.78. The van der Waals surface area contributed by atoms with Crippen LogP contribution in [0.2, 0.25) is 5.02 Å². The number of nitrogens with one attached hydrogen (secondary N) is 2. The summed E-state index contributed by atoms with van der Waals surface area (Å²) >= 11 is 5.63. The summed E-state index contributed by atoms with van der Waals surface area (Å²) in [5, 5.41) is 9.41. The van der Waals surface area contributed by atoms with E-state index in [-0.39, 0.29) is 17.1 Å². The second-order valence-corrected chi connectivity index (χ2v) is 5.46. The van der Waals surface area contributed by atoms with E-state index in [1.54, 1.807) is 18.7 Å². The zero-order valence-corrected chi connectivity index (χ0v) is 13.7. The van der Waals surface area contributed by atoms with Crippen LogP contribution in [0.3, 0.4) is 0 Å². The number of rotatable bonds is 4. The van der Waals surface area contributed by atoms with Crippen molar-refractivity contribution in [3.05, 3.63) is 46.0 Å². The number of amides is 2. The van der Waals surface area contributed by atoms with Crippen LogP contribution in [0, 0.1) is 19.7 Å². The Morgan fingerprint density at radius 2 is 2.04 bits per heavy atom. The SMILES string of the molecule is Cc1nn(C)c(C)c1NC(=O)CNC(=O)c1ccc(Cl)cc1F. The molecule has 23 heavy (non-hydrogen) atoms. The lowest BCUT2D eigenvalue weighted by Gasteiger charge is -2.08. The number of hydrogen-bond acceptors (Lipinski definition) is 3. The Morgan fingerprint density at radius 1 is 1.35 bits per heavy atom. The number of halogens is 2. The van der Waals surface area contributed by atoms with Crippen molar-refractivity contribution in [2.45, 2.75) is 13.8 Å². The summed E-state index contributed by atoms with van der Waals surface area (Å²) in [6, 6.07) is 3.71. The predicted molar refractivity (Wildman–Crippen MR) is 85.1 cm³/mol. The Bertz CT molecular complexity index is 773. The van der Waals surface area contributed by atoms with Crippen molar-refractivity contribution in [2.24, 2.45) is 7.05 Å². The lowest BCUT2D eigenvalue weighted by Crippen LogP contribution is -2.33. The van der Waals surface area contributed by atoms with Crippen LogP contribution < -0.4 is 10.6 Å². The fourth-order valence-electron chi connectivity index (χ4n) is 2.07. The molecule has 0 unspecified atom stereocenters. The third-order valence-corrected chi connectivity index (χ3v) is 3.59. The highest BCUT2D eigenvalue weighted by atomic mass is 35.5. The molecule has 0 spiro atoms. The van der Waals surface area contributed by atoms with Gasteiger partial charge in [0.2, 0.25) is 5.91 Å². The van der Waals surface area contributed by atoms with Crippen LogP contribution in [0.5, 0.6) is 0 Å². The first-order valence-electron chi connectivity index (χ1n) is 6.83. The summed E-state index contributed by atoms with van der Waals surface area (Å²) in [5.74, 6) is -1.85. The minimum atomic E-state index is -0.741. The quantitative estimate of drug-likeness (QED) is 0.897. The molecule has 122 valence electrons. The molecule has 0 saturated heterocycles. The van der Waals surface area contributed by atoms with E-state index in [4.69, 9.17) is 11.6 Å². The zero-order chi connectivity index (χ0) is 17.1. The fourth-order valence-corrected chi connectivity index (χ4v) is 2.23. The highest BCUT2D eigenvalue weighted by molar-refractivity contribution is 6.30. The lowest BCUT2D eigenvalue weighted by molar-refractivity contribution is -0.115.